The third-order valence-electron chi connectivity index (χ3n) is 3.79. The zero-order chi connectivity index (χ0) is 20.0. The molecule has 1 aromatic rings. The average Bonchev–Trinajstić information content (AvgIpc) is 2.51. The van der Waals surface area contributed by atoms with Gasteiger partial charge in [-0.05, 0) is 6.08 Å². The molecule has 0 aromatic heterocycles. The Labute approximate surface area is 148 Å². The standard InChI is InChI=1S/C15H9ClF6O3S/c16-26(24,25)11-7-6-10(14(17,18)19)8-13(11,15(20,21)22)12(23)9-4-2-1-3-5-9/h1-8,11H. The van der Waals surface area contributed by atoms with E-state index < -0.39 is 55.1 Å². The Bertz CT molecular complexity index is 871. The zero-order valence-electron chi connectivity index (χ0n) is 12.5. The molecule has 0 saturated heterocycles. The van der Waals surface area contributed by atoms with Gasteiger partial charge in [0.15, 0.2) is 11.2 Å². The normalized spacial score (nSPS) is 24.3. The number of benzene rings is 1. The highest BCUT2D eigenvalue weighted by Gasteiger charge is 2.67. The van der Waals surface area contributed by atoms with Crippen LogP contribution in [0.15, 0.2) is 54.1 Å². The number of rotatable bonds is 3. The number of allylic oxidation sites excluding steroid dienone is 3. The predicted octanol–water partition coefficient (Wildman–Crippen LogP) is 4.41. The molecule has 2 atom stereocenters. The average molecular weight is 419 g/mol. The molecule has 11 heteroatoms. The molecule has 0 amide bonds. The summed E-state index contributed by atoms with van der Waals surface area (Å²) in [5.41, 5.74) is -6.42. The topological polar surface area (TPSA) is 51.2 Å². The summed E-state index contributed by atoms with van der Waals surface area (Å²) in [5.74, 6) is -1.86. The van der Waals surface area contributed by atoms with Gasteiger partial charge in [-0.15, -0.1) is 0 Å². The molecular weight excluding hydrogens is 410 g/mol. The number of carbonyl (C=O) groups is 1. The number of carbonyl (C=O) groups excluding carboxylic acids is 1. The summed E-state index contributed by atoms with van der Waals surface area (Å²) in [6.45, 7) is 0. The monoisotopic (exact) mass is 418 g/mol. The van der Waals surface area contributed by atoms with Crippen LogP contribution in [0.3, 0.4) is 0 Å². The molecule has 0 fully saturated rings. The van der Waals surface area contributed by atoms with Gasteiger partial charge in [-0.1, -0.05) is 42.5 Å². The molecule has 0 bridgehead atoms. The molecule has 0 radical (unpaired) electrons. The quantitative estimate of drug-likeness (QED) is 0.415. The second kappa shape index (κ2) is 6.41. The molecule has 3 nitrogen and oxygen atoms in total. The van der Waals surface area contributed by atoms with Gasteiger partial charge in [0.1, 0.15) is 5.25 Å². The lowest BCUT2D eigenvalue weighted by Crippen LogP contribution is -2.55. The first-order valence-corrected chi connectivity index (χ1v) is 9.17. The lowest BCUT2D eigenvalue weighted by atomic mass is 9.72. The van der Waals surface area contributed by atoms with Crippen LogP contribution in [0.1, 0.15) is 10.4 Å². The van der Waals surface area contributed by atoms with Crippen molar-refractivity contribution in [2.24, 2.45) is 5.41 Å². The summed E-state index contributed by atoms with van der Waals surface area (Å²) in [7, 11) is -0.0519. The summed E-state index contributed by atoms with van der Waals surface area (Å²) in [6, 6.07) is 5.62. The van der Waals surface area contributed by atoms with Crippen molar-refractivity contribution >= 4 is 25.5 Å². The van der Waals surface area contributed by atoms with E-state index in [1.165, 1.54) is 18.2 Å². The van der Waals surface area contributed by atoms with Crippen molar-refractivity contribution in [3.8, 4) is 0 Å². The maximum absolute atomic E-state index is 13.9. The fraction of sp³-hybridized carbons (Fsp3) is 0.267. The first kappa shape index (κ1) is 20.5. The van der Waals surface area contributed by atoms with Gasteiger partial charge in [0.2, 0.25) is 9.05 Å². The molecule has 1 aromatic carbocycles. The summed E-state index contributed by atoms with van der Waals surface area (Å²) in [4.78, 5) is 12.6. The second-order valence-corrected chi connectivity index (χ2v) is 8.16. The first-order valence-electron chi connectivity index (χ1n) is 6.79. The van der Waals surface area contributed by atoms with E-state index >= 15 is 0 Å². The number of hydrogen-bond acceptors (Lipinski definition) is 3. The molecule has 26 heavy (non-hydrogen) atoms. The molecule has 0 saturated carbocycles. The molecule has 0 spiro atoms. The summed E-state index contributed by atoms with van der Waals surface area (Å²) in [5, 5.41) is -2.75. The van der Waals surface area contributed by atoms with E-state index in [-0.39, 0.29) is 12.2 Å². The van der Waals surface area contributed by atoms with Gasteiger partial charge in [-0.2, -0.15) is 26.3 Å². The Morgan fingerprint density at radius 3 is 2.00 bits per heavy atom. The van der Waals surface area contributed by atoms with Crippen LogP contribution in [0.2, 0.25) is 0 Å². The van der Waals surface area contributed by atoms with Gasteiger partial charge in [0.05, 0.1) is 5.57 Å². The Kier molecular flexibility index (Phi) is 5.06. The van der Waals surface area contributed by atoms with Crippen molar-refractivity contribution in [1.82, 2.24) is 0 Å². The lowest BCUT2D eigenvalue weighted by molar-refractivity contribution is -0.187. The third kappa shape index (κ3) is 3.52. The van der Waals surface area contributed by atoms with Crippen LogP contribution in [0.5, 0.6) is 0 Å². The number of halogens is 7. The number of hydrogen-bond donors (Lipinski definition) is 0. The number of Topliss-reactive ketones (excluding diaryl/α,β-unsaturated/α-hetero) is 1. The van der Waals surface area contributed by atoms with E-state index in [1.807, 2.05) is 0 Å². The molecule has 0 N–H and O–H groups in total. The van der Waals surface area contributed by atoms with Crippen LogP contribution in [-0.4, -0.2) is 31.8 Å². The number of alkyl halides is 6. The maximum Gasteiger partial charge on any atom is 0.416 e. The van der Waals surface area contributed by atoms with E-state index in [0.29, 0.717) is 0 Å². The van der Waals surface area contributed by atoms with Gasteiger partial charge in [-0.25, -0.2) is 8.42 Å². The molecule has 1 aliphatic carbocycles. The first-order chi connectivity index (χ1) is 11.7. The van der Waals surface area contributed by atoms with Crippen LogP contribution in [0, 0.1) is 5.41 Å². The predicted molar refractivity (Wildman–Crippen MR) is 81.1 cm³/mol. The molecule has 0 heterocycles. The highest BCUT2D eigenvalue weighted by atomic mass is 35.7. The highest BCUT2D eigenvalue weighted by molar-refractivity contribution is 8.14. The van der Waals surface area contributed by atoms with Crippen LogP contribution in [0.25, 0.3) is 0 Å². The highest BCUT2D eigenvalue weighted by Crippen LogP contribution is 2.52. The summed E-state index contributed by atoms with van der Waals surface area (Å²) >= 11 is 0. The van der Waals surface area contributed by atoms with Crippen LogP contribution < -0.4 is 0 Å². The molecule has 2 unspecified atom stereocenters. The smallest absolute Gasteiger partial charge is 0.293 e. The van der Waals surface area contributed by atoms with Crippen molar-refractivity contribution in [3.05, 3.63) is 59.7 Å². The van der Waals surface area contributed by atoms with E-state index in [2.05, 4.69) is 0 Å². The van der Waals surface area contributed by atoms with Gasteiger partial charge < -0.3 is 0 Å². The SMILES string of the molecule is O=C(c1ccccc1)C1(C(F)(F)F)C=C(C(F)(F)F)C=CC1S(=O)(=O)Cl. The summed E-state index contributed by atoms with van der Waals surface area (Å²) in [6.07, 6.45) is -11.0. The Hall–Kier alpha value is -1.81. The van der Waals surface area contributed by atoms with Crippen molar-refractivity contribution in [1.29, 1.82) is 0 Å². The minimum absolute atomic E-state index is 0.138. The van der Waals surface area contributed by atoms with Crippen molar-refractivity contribution in [2.45, 2.75) is 17.6 Å². The summed E-state index contributed by atoms with van der Waals surface area (Å²) < 4.78 is 104. The van der Waals surface area contributed by atoms with Gasteiger partial charge in [-0.3, -0.25) is 4.79 Å². The maximum atomic E-state index is 13.9. The van der Waals surface area contributed by atoms with Gasteiger partial charge in [0, 0.05) is 16.2 Å². The van der Waals surface area contributed by atoms with Crippen LogP contribution >= 0.6 is 10.7 Å². The van der Waals surface area contributed by atoms with E-state index in [0.717, 1.165) is 12.1 Å². The second-order valence-electron chi connectivity index (χ2n) is 5.41. The Morgan fingerprint density at radius 1 is 1.04 bits per heavy atom. The molecule has 142 valence electrons. The molecule has 2 rings (SSSR count). The van der Waals surface area contributed by atoms with E-state index in [1.54, 1.807) is 0 Å². The molecule has 0 aliphatic heterocycles. The van der Waals surface area contributed by atoms with Crippen LogP contribution in [-0.2, 0) is 9.05 Å². The largest absolute Gasteiger partial charge is 0.416 e. The Morgan fingerprint density at radius 2 is 1.58 bits per heavy atom. The van der Waals surface area contributed by atoms with Gasteiger partial charge >= 0.3 is 12.4 Å². The van der Waals surface area contributed by atoms with Crippen molar-refractivity contribution in [2.75, 3.05) is 0 Å². The number of ketones is 1. The fourth-order valence-corrected chi connectivity index (χ4v) is 4.22. The Balaban J connectivity index is 2.86. The van der Waals surface area contributed by atoms with E-state index in [4.69, 9.17) is 10.7 Å². The zero-order valence-corrected chi connectivity index (χ0v) is 14.0. The fourth-order valence-electron chi connectivity index (χ4n) is 2.61. The molecular formula is C15H9ClF6O3S. The minimum atomic E-state index is -5.67. The van der Waals surface area contributed by atoms with Crippen molar-refractivity contribution < 1.29 is 39.6 Å². The van der Waals surface area contributed by atoms with Crippen molar-refractivity contribution in [3.63, 3.8) is 0 Å². The lowest BCUT2D eigenvalue weighted by Gasteiger charge is -2.38. The minimum Gasteiger partial charge on any atom is -0.293 e. The third-order valence-corrected chi connectivity index (χ3v) is 5.51. The van der Waals surface area contributed by atoms with Crippen LogP contribution in [0.4, 0.5) is 26.3 Å². The van der Waals surface area contributed by atoms with Gasteiger partial charge in [0.25, 0.3) is 0 Å². The van der Waals surface area contributed by atoms with E-state index in [9.17, 15) is 39.6 Å². The molecule has 1 aliphatic rings.